The Labute approximate surface area is 90.5 Å². The number of nitrogens with one attached hydrogen (secondary N) is 1. The van der Waals surface area contributed by atoms with Crippen LogP contribution in [-0.4, -0.2) is 17.2 Å². The Kier molecular flexibility index (Phi) is 3.05. The molecule has 0 aromatic carbocycles. The third kappa shape index (κ3) is 2.20. The number of rotatable bonds is 5. The summed E-state index contributed by atoms with van der Waals surface area (Å²) in [6.07, 6.45) is 3.58. The molecule has 15 heavy (non-hydrogen) atoms. The zero-order chi connectivity index (χ0) is 10.8. The largest absolute Gasteiger partial charge is 0.423 e. The number of hydrogen-bond acceptors (Lipinski definition) is 4. The Bertz CT molecular complexity index is 299. The van der Waals surface area contributed by atoms with E-state index < -0.39 is 0 Å². The highest BCUT2D eigenvalue weighted by atomic mass is 16.4. The summed E-state index contributed by atoms with van der Waals surface area (Å²) in [6, 6.07) is 0.192. The van der Waals surface area contributed by atoms with Crippen molar-refractivity contribution in [1.29, 1.82) is 0 Å². The molecule has 1 aromatic rings. The van der Waals surface area contributed by atoms with Crippen molar-refractivity contribution in [1.82, 2.24) is 15.5 Å². The van der Waals surface area contributed by atoms with Crippen LogP contribution >= 0.6 is 0 Å². The molecule has 1 heterocycles. The van der Waals surface area contributed by atoms with Crippen molar-refractivity contribution in [3.8, 4) is 0 Å². The van der Waals surface area contributed by atoms with Crippen molar-refractivity contribution in [2.75, 3.05) is 7.05 Å². The Morgan fingerprint density at radius 1 is 1.40 bits per heavy atom. The molecule has 4 heteroatoms. The van der Waals surface area contributed by atoms with Crippen molar-refractivity contribution >= 4 is 0 Å². The standard InChI is InChI=1S/C11H19N3O/c1-4-9(12-3)11-14-13-10(15-11)7(2)8-5-6-8/h7-9,12H,4-6H2,1-3H3. The second kappa shape index (κ2) is 4.31. The average Bonchev–Trinajstić information content (AvgIpc) is 2.99. The first-order chi connectivity index (χ1) is 7.26. The number of hydrogen-bond donors (Lipinski definition) is 1. The van der Waals surface area contributed by atoms with E-state index in [-0.39, 0.29) is 6.04 Å². The zero-order valence-corrected chi connectivity index (χ0v) is 9.66. The molecule has 0 amide bonds. The lowest BCUT2D eigenvalue weighted by molar-refractivity contribution is 0.364. The number of nitrogens with zero attached hydrogens (tertiary/aromatic N) is 2. The lowest BCUT2D eigenvalue weighted by atomic mass is 10.1. The molecule has 1 aliphatic rings. The van der Waals surface area contributed by atoms with Gasteiger partial charge < -0.3 is 9.73 Å². The predicted octanol–water partition coefficient (Wildman–Crippen LogP) is 2.25. The predicted molar refractivity (Wildman–Crippen MR) is 57.5 cm³/mol. The molecule has 0 aliphatic heterocycles. The van der Waals surface area contributed by atoms with Crippen molar-refractivity contribution in [3.05, 3.63) is 11.8 Å². The summed E-state index contributed by atoms with van der Waals surface area (Å²) in [6.45, 7) is 4.28. The molecule has 84 valence electrons. The van der Waals surface area contributed by atoms with Gasteiger partial charge in [-0.2, -0.15) is 0 Å². The third-order valence-electron chi connectivity index (χ3n) is 3.23. The SMILES string of the molecule is CCC(NC)c1nnc(C(C)C2CC2)o1. The Balaban J connectivity index is 2.08. The molecule has 1 fully saturated rings. The van der Waals surface area contributed by atoms with Gasteiger partial charge in [-0.15, -0.1) is 10.2 Å². The average molecular weight is 209 g/mol. The first kappa shape index (κ1) is 10.6. The van der Waals surface area contributed by atoms with Crippen LogP contribution in [0.5, 0.6) is 0 Å². The van der Waals surface area contributed by atoms with Crippen molar-refractivity contribution < 1.29 is 4.42 Å². The van der Waals surface area contributed by atoms with Gasteiger partial charge in [-0.1, -0.05) is 13.8 Å². The summed E-state index contributed by atoms with van der Waals surface area (Å²) in [5, 5.41) is 11.4. The van der Waals surface area contributed by atoms with Crippen LogP contribution in [0.15, 0.2) is 4.42 Å². The van der Waals surface area contributed by atoms with Crippen molar-refractivity contribution in [2.45, 2.75) is 45.1 Å². The van der Waals surface area contributed by atoms with Crippen LogP contribution in [0.4, 0.5) is 0 Å². The summed E-state index contributed by atoms with van der Waals surface area (Å²) in [7, 11) is 1.92. The van der Waals surface area contributed by atoms with Gasteiger partial charge in [-0.05, 0) is 32.2 Å². The molecule has 0 saturated heterocycles. The normalized spacial score (nSPS) is 20.2. The van der Waals surface area contributed by atoms with E-state index in [9.17, 15) is 0 Å². The molecular weight excluding hydrogens is 190 g/mol. The summed E-state index contributed by atoms with van der Waals surface area (Å²) >= 11 is 0. The van der Waals surface area contributed by atoms with Gasteiger partial charge in [0.15, 0.2) is 0 Å². The van der Waals surface area contributed by atoms with Crippen LogP contribution in [0, 0.1) is 5.92 Å². The van der Waals surface area contributed by atoms with E-state index in [1.807, 2.05) is 7.05 Å². The Hall–Kier alpha value is -0.900. The van der Waals surface area contributed by atoms with E-state index in [0.717, 1.165) is 24.1 Å². The van der Waals surface area contributed by atoms with Crippen molar-refractivity contribution in [3.63, 3.8) is 0 Å². The first-order valence-electron chi connectivity index (χ1n) is 5.76. The van der Waals surface area contributed by atoms with Crippen LogP contribution in [-0.2, 0) is 0 Å². The van der Waals surface area contributed by atoms with Gasteiger partial charge in [-0.3, -0.25) is 0 Å². The maximum Gasteiger partial charge on any atom is 0.233 e. The summed E-state index contributed by atoms with van der Waals surface area (Å²) in [5.74, 6) is 2.73. The smallest absolute Gasteiger partial charge is 0.233 e. The maximum atomic E-state index is 5.71. The lowest BCUT2D eigenvalue weighted by Crippen LogP contribution is -2.15. The summed E-state index contributed by atoms with van der Waals surface area (Å²) in [4.78, 5) is 0. The van der Waals surface area contributed by atoms with Gasteiger partial charge in [0.05, 0.1) is 6.04 Å². The van der Waals surface area contributed by atoms with Gasteiger partial charge >= 0.3 is 0 Å². The monoisotopic (exact) mass is 209 g/mol. The second-order valence-electron chi connectivity index (χ2n) is 4.35. The minimum atomic E-state index is 0.192. The van der Waals surface area contributed by atoms with Gasteiger partial charge in [0.25, 0.3) is 0 Å². The fraction of sp³-hybridized carbons (Fsp3) is 0.818. The summed E-state index contributed by atoms with van der Waals surface area (Å²) < 4.78 is 5.71. The molecule has 1 saturated carbocycles. The molecule has 2 rings (SSSR count). The molecular formula is C11H19N3O. The first-order valence-corrected chi connectivity index (χ1v) is 5.76. The fourth-order valence-corrected chi connectivity index (χ4v) is 1.87. The molecule has 1 aromatic heterocycles. The van der Waals surface area contributed by atoms with E-state index in [4.69, 9.17) is 4.42 Å². The molecule has 2 atom stereocenters. The van der Waals surface area contributed by atoms with Crippen LogP contribution in [0.2, 0.25) is 0 Å². The molecule has 0 radical (unpaired) electrons. The van der Waals surface area contributed by atoms with E-state index >= 15 is 0 Å². The van der Waals surface area contributed by atoms with E-state index in [1.54, 1.807) is 0 Å². The topological polar surface area (TPSA) is 51.0 Å². The van der Waals surface area contributed by atoms with Gasteiger partial charge in [0.2, 0.25) is 11.8 Å². The molecule has 4 nitrogen and oxygen atoms in total. The molecule has 1 N–H and O–H groups in total. The quantitative estimate of drug-likeness (QED) is 0.808. The molecule has 0 spiro atoms. The minimum Gasteiger partial charge on any atom is -0.423 e. The minimum absolute atomic E-state index is 0.192. The highest BCUT2D eigenvalue weighted by Crippen LogP contribution is 2.41. The highest BCUT2D eigenvalue weighted by Gasteiger charge is 2.32. The summed E-state index contributed by atoms with van der Waals surface area (Å²) in [5.41, 5.74) is 0. The van der Waals surface area contributed by atoms with Gasteiger partial charge in [-0.25, -0.2) is 0 Å². The number of aromatic nitrogens is 2. The Morgan fingerprint density at radius 2 is 2.07 bits per heavy atom. The molecule has 1 aliphatic carbocycles. The van der Waals surface area contributed by atoms with Crippen LogP contribution in [0.1, 0.15) is 56.9 Å². The van der Waals surface area contributed by atoms with E-state index in [0.29, 0.717) is 5.92 Å². The van der Waals surface area contributed by atoms with Crippen LogP contribution in [0.25, 0.3) is 0 Å². The fourth-order valence-electron chi connectivity index (χ4n) is 1.87. The second-order valence-corrected chi connectivity index (χ2v) is 4.35. The molecule has 0 bridgehead atoms. The molecule has 2 unspecified atom stereocenters. The maximum absolute atomic E-state index is 5.71. The van der Waals surface area contributed by atoms with E-state index in [1.165, 1.54) is 12.8 Å². The van der Waals surface area contributed by atoms with Gasteiger partial charge in [0, 0.05) is 5.92 Å². The Morgan fingerprint density at radius 3 is 2.60 bits per heavy atom. The third-order valence-corrected chi connectivity index (χ3v) is 3.23. The van der Waals surface area contributed by atoms with Crippen LogP contribution in [0.3, 0.4) is 0 Å². The lowest BCUT2D eigenvalue weighted by Gasteiger charge is -2.08. The van der Waals surface area contributed by atoms with Crippen molar-refractivity contribution in [2.24, 2.45) is 5.92 Å². The van der Waals surface area contributed by atoms with Gasteiger partial charge in [0.1, 0.15) is 0 Å². The van der Waals surface area contributed by atoms with Crippen LogP contribution < -0.4 is 5.32 Å². The van der Waals surface area contributed by atoms with E-state index in [2.05, 4.69) is 29.4 Å². The highest BCUT2D eigenvalue weighted by molar-refractivity contribution is 4.99. The zero-order valence-electron chi connectivity index (χ0n) is 9.66.